The van der Waals surface area contributed by atoms with Crippen LogP contribution in [0.3, 0.4) is 0 Å². The van der Waals surface area contributed by atoms with Crippen LogP contribution in [-0.4, -0.2) is 31.9 Å². The number of nitrogens with zero attached hydrogens (tertiary/aromatic N) is 4. The molecule has 0 aliphatic carbocycles. The van der Waals surface area contributed by atoms with Crippen molar-refractivity contribution in [1.82, 2.24) is 19.3 Å². The summed E-state index contributed by atoms with van der Waals surface area (Å²) in [5, 5.41) is 6.74. The molecular formula is C21H19ClN4O2S. The smallest absolute Gasteiger partial charge is 0.356 e. The molecule has 3 aromatic heterocycles. The van der Waals surface area contributed by atoms with E-state index in [9.17, 15) is 4.79 Å². The molecule has 0 amide bonds. The molecule has 0 aliphatic rings. The SMILES string of the molecule is CCOC(=O)c1cccc(Sc2c(C)n(-c3cnn(C)c3)c3cc(Cl)ccc23)n1. The van der Waals surface area contributed by atoms with E-state index in [4.69, 9.17) is 16.3 Å². The van der Waals surface area contributed by atoms with Crippen molar-refractivity contribution in [3.05, 3.63) is 65.2 Å². The third-order valence-corrected chi connectivity index (χ3v) is 5.86. The zero-order valence-electron chi connectivity index (χ0n) is 16.2. The van der Waals surface area contributed by atoms with Crippen LogP contribution in [0.15, 0.2) is 58.7 Å². The Morgan fingerprint density at radius 2 is 2.10 bits per heavy atom. The van der Waals surface area contributed by atoms with E-state index in [0.29, 0.717) is 17.3 Å². The first-order valence-electron chi connectivity index (χ1n) is 9.09. The maximum Gasteiger partial charge on any atom is 0.356 e. The molecule has 0 radical (unpaired) electrons. The minimum atomic E-state index is -0.420. The Kier molecular flexibility index (Phi) is 5.34. The van der Waals surface area contributed by atoms with Crippen LogP contribution in [0.1, 0.15) is 23.1 Å². The molecule has 0 saturated heterocycles. The second-order valence-electron chi connectivity index (χ2n) is 6.47. The number of rotatable bonds is 5. The Bertz CT molecular complexity index is 1210. The Balaban J connectivity index is 1.82. The molecule has 29 heavy (non-hydrogen) atoms. The van der Waals surface area contributed by atoms with E-state index < -0.39 is 5.97 Å². The number of hydrogen-bond donors (Lipinski definition) is 0. The van der Waals surface area contributed by atoms with Crippen molar-refractivity contribution in [2.75, 3.05) is 6.61 Å². The minimum Gasteiger partial charge on any atom is -0.461 e. The lowest BCUT2D eigenvalue weighted by Crippen LogP contribution is -2.07. The lowest BCUT2D eigenvalue weighted by atomic mass is 10.2. The van der Waals surface area contributed by atoms with Gasteiger partial charge >= 0.3 is 5.97 Å². The van der Waals surface area contributed by atoms with E-state index in [1.807, 2.05) is 49.8 Å². The zero-order chi connectivity index (χ0) is 20.5. The predicted molar refractivity (Wildman–Crippen MR) is 114 cm³/mol. The average Bonchev–Trinajstić information content (AvgIpc) is 3.23. The molecule has 0 atom stereocenters. The number of benzene rings is 1. The molecule has 0 saturated carbocycles. The fourth-order valence-corrected chi connectivity index (χ4v) is 4.43. The maximum absolute atomic E-state index is 12.0. The fourth-order valence-electron chi connectivity index (χ4n) is 3.24. The number of aryl methyl sites for hydroxylation is 1. The topological polar surface area (TPSA) is 61.9 Å². The first-order chi connectivity index (χ1) is 14.0. The van der Waals surface area contributed by atoms with Gasteiger partial charge in [0.05, 0.1) is 24.0 Å². The normalized spacial score (nSPS) is 11.2. The van der Waals surface area contributed by atoms with Gasteiger partial charge in [0.25, 0.3) is 0 Å². The van der Waals surface area contributed by atoms with Gasteiger partial charge in [-0.05, 0) is 38.1 Å². The van der Waals surface area contributed by atoms with Gasteiger partial charge < -0.3 is 9.30 Å². The summed E-state index contributed by atoms with van der Waals surface area (Å²) in [7, 11) is 1.89. The number of pyridine rings is 1. The Labute approximate surface area is 177 Å². The van der Waals surface area contributed by atoms with Crippen molar-refractivity contribution in [2.45, 2.75) is 23.8 Å². The molecule has 1 aromatic carbocycles. The van der Waals surface area contributed by atoms with Crippen molar-refractivity contribution < 1.29 is 9.53 Å². The molecule has 6 nitrogen and oxygen atoms in total. The van der Waals surface area contributed by atoms with Crippen LogP contribution >= 0.6 is 23.4 Å². The Morgan fingerprint density at radius 3 is 2.83 bits per heavy atom. The van der Waals surface area contributed by atoms with Gasteiger partial charge in [-0.25, -0.2) is 9.78 Å². The van der Waals surface area contributed by atoms with Crippen molar-refractivity contribution in [3.63, 3.8) is 0 Å². The molecule has 8 heteroatoms. The Hall–Kier alpha value is -2.77. The minimum absolute atomic E-state index is 0.300. The lowest BCUT2D eigenvalue weighted by Gasteiger charge is -2.06. The summed E-state index contributed by atoms with van der Waals surface area (Å²) in [5.74, 6) is -0.420. The van der Waals surface area contributed by atoms with E-state index in [1.54, 1.807) is 17.7 Å². The molecule has 4 rings (SSSR count). The summed E-state index contributed by atoms with van der Waals surface area (Å²) < 4.78 is 8.96. The number of fused-ring (bicyclic) bond motifs is 1. The highest BCUT2D eigenvalue weighted by Crippen LogP contribution is 2.39. The molecule has 3 heterocycles. The number of hydrogen-bond acceptors (Lipinski definition) is 5. The molecule has 4 aromatic rings. The third-order valence-electron chi connectivity index (χ3n) is 4.47. The van der Waals surface area contributed by atoms with Crippen molar-refractivity contribution >= 4 is 40.2 Å². The number of ether oxygens (including phenoxy) is 1. The number of halogens is 1. The standard InChI is InChI=1S/C21H19ClN4O2S/c1-4-28-21(27)17-6-5-7-19(24-17)29-20-13(2)26(15-11-23-25(3)12-15)18-10-14(22)8-9-16(18)20/h5-12H,4H2,1-3H3. The molecule has 148 valence electrons. The van der Waals surface area contributed by atoms with Crippen LogP contribution in [0.4, 0.5) is 0 Å². The van der Waals surface area contributed by atoms with Gasteiger partial charge in [-0.15, -0.1) is 0 Å². The molecular weight excluding hydrogens is 408 g/mol. The summed E-state index contributed by atoms with van der Waals surface area (Å²) in [6.07, 6.45) is 3.78. The second kappa shape index (κ2) is 7.93. The lowest BCUT2D eigenvalue weighted by molar-refractivity contribution is 0.0518. The average molecular weight is 427 g/mol. The molecule has 0 N–H and O–H groups in total. The summed E-state index contributed by atoms with van der Waals surface area (Å²) in [4.78, 5) is 17.6. The number of aromatic nitrogens is 4. The zero-order valence-corrected chi connectivity index (χ0v) is 17.8. The van der Waals surface area contributed by atoms with Gasteiger partial charge in [-0.1, -0.05) is 35.5 Å². The van der Waals surface area contributed by atoms with Gasteiger partial charge in [-0.2, -0.15) is 5.10 Å². The van der Waals surface area contributed by atoms with Crippen molar-refractivity contribution in [1.29, 1.82) is 0 Å². The quantitative estimate of drug-likeness (QED) is 0.418. The van der Waals surface area contributed by atoms with E-state index >= 15 is 0 Å². The largest absolute Gasteiger partial charge is 0.461 e. The highest BCUT2D eigenvalue weighted by molar-refractivity contribution is 7.99. The molecule has 0 bridgehead atoms. The number of esters is 1. The van der Waals surface area contributed by atoms with Crippen molar-refractivity contribution in [3.8, 4) is 5.69 Å². The monoisotopic (exact) mass is 426 g/mol. The highest BCUT2D eigenvalue weighted by atomic mass is 35.5. The van der Waals surface area contributed by atoms with E-state index in [-0.39, 0.29) is 0 Å². The first kappa shape index (κ1) is 19.5. The summed E-state index contributed by atoms with van der Waals surface area (Å²) in [6.45, 7) is 4.15. The van der Waals surface area contributed by atoms with Crippen LogP contribution in [0.25, 0.3) is 16.6 Å². The van der Waals surface area contributed by atoms with Gasteiger partial charge in [0.15, 0.2) is 0 Å². The van der Waals surface area contributed by atoms with Gasteiger partial charge in [-0.3, -0.25) is 4.68 Å². The van der Waals surface area contributed by atoms with Crippen LogP contribution in [0, 0.1) is 6.92 Å². The van der Waals surface area contributed by atoms with Gasteiger partial charge in [0.2, 0.25) is 0 Å². The van der Waals surface area contributed by atoms with Crippen LogP contribution in [0.2, 0.25) is 5.02 Å². The van der Waals surface area contributed by atoms with E-state index in [1.165, 1.54) is 11.8 Å². The van der Waals surface area contributed by atoms with E-state index in [2.05, 4.69) is 21.6 Å². The third kappa shape index (κ3) is 3.75. The van der Waals surface area contributed by atoms with Crippen molar-refractivity contribution in [2.24, 2.45) is 7.05 Å². The molecule has 0 fully saturated rings. The summed E-state index contributed by atoms with van der Waals surface area (Å²) >= 11 is 7.80. The number of carbonyl (C=O) groups is 1. The van der Waals surface area contributed by atoms with E-state index in [0.717, 1.165) is 32.2 Å². The second-order valence-corrected chi connectivity index (χ2v) is 7.93. The Morgan fingerprint density at radius 1 is 1.28 bits per heavy atom. The van der Waals surface area contributed by atoms with Crippen LogP contribution in [-0.2, 0) is 11.8 Å². The molecule has 0 aliphatic heterocycles. The summed E-state index contributed by atoms with van der Waals surface area (Å²) in [6, 6.07) is 11.2. The maximum atomic E-state index is 12.0. The van der Waals surface area contributed by atoms with Crippen LogP contribution < -0.4 is 0 Å². The molecule has 0 spiro atoms. The van der Waals surface area contributed by atoms with Gasteiger partial charge in [0, 0.05) is 34.2 Å². The predicted octanol–water partition coefficient (Wildman–Crippen LogP) is 5.05. The fraction of sp³-hybridized carbons (Fsp3) is 0.190. The summed E-state index contributed by atoms with van der Waals surface area (Å²) in [5.41, 5.74) is 3.29. The highest BCUT2D eigenvalue weighted by Gasteiger charge is 2.19. The molecule has 0 unspecified atom stereocenters. The van der Waals surface area contributed by atoms with Crippen LogP contribution in [0.5, 0.6) is 0 Å². The van der Waals surface area contributed by atoms with Gasteiger partial charge in [0.1, 0.15) is 10.7 Å². The number of carbonyl (C=O) groups excluding carboxylic acids is 1. The first-order valence-corrected chi connectivity index (χ1v) is 10.3.